The first kappa shape index (κ1) is 18.1. The van der Waals surface area contributed by atoms with E-state index in [0.717, 1.165) is 4.57 Å². The van der Waals surface area contributed by atoms with Crippen molar-refractivity contribution in [1.82, 2.24) is 9.55 Å². The second kappa shape index (κ2) is 6.73. The predicted octanol–water partition coefficient (Wildman–Crippen LogP) is 0.276. The fourth-order valence-corrected chi connectivity index (χ4v) is 2.23. The van der Waals surface area contributed by atoms with Crippen molar-refractivity contribution >= 4 is 6.16 Å². The van der Waals surface area contributed by atoms with Gasteiger partial charge in [0.2, 0.25) is 5.82 Å². The molecule has 2 heterocycles. The van der Waals surface area contributed by atoms with Gasteiger partial charge < -0.3 is 19.3 Å². The number of hydrogen-bond acceptors (Lipinski definition) is 7. The van der Waals surface area contributed by atoms with Crippen LogP contribution in [0.4, 0.5) is 9.18 Å². The first-order chi connectivity index (χ1) is 11.1. The summed E-state index contributed by atoms with van der Waals surface area (Å²) >= 11 is 0. The molecule has 1 aliphatic heterocycles. The summed E-state index contributed by atoms with van der Waals surface area (Å²) in [6.45, 7) is 4.50. The van der Waals surface area contributed by atoms with Crippen LogP contribution >= 0.6 is 0 Å². The molecule has 0 aromatic carbocycles. The predicted molar refractivity (Wildman–Crippen MR) is 78.0 cm³/mol. The van der Waals surface area contributed by atoms with Crippen molar-refractivity contribution in [2.24, 2.45) is 0 Å². The van der Waals surface area contributed by atoms with E-state index in [-0.39, 0.29) is 6.42 Å². The molecule has 9 nitrogen and oxygen atoms in total. The zero-order chi connectivity index (χ0) is 18.1. The summed E-state index contributed by atoms with van der Waals surface area (Å²) in [4.78, 5) is 36.3. The number of aromatic amines is 1. The zero-order valence-electron chi connectivity index (χ0n) is 13.4. The van der Waals surface area contributed by atoms with Gasteiger partial charge in [0.25, 0.3) is 5.56 Å². The van der Waals surface area contributed by atoms with Gasteiger partial charge >= 0.3 is 11.8 Å². The lowest BCUT2D eigenvalue weighted by Gasteiger charge is -2.22. The van der Waals surface area contributed by atoms with Gasteiger partial charge in [0, 0.05) is 6.42 Å². The summed E-state index contributed by atoms with van der Waals surface area (Å²) in [5.41, 5.74) is -2.78. The van der Waals surface area contributed by atoms with Crippen molar-refractivity contribution in [3.63, 3.8) is 0 Å². The molecule has 3 atom stereocenters. The molecule has 0 unspecified atom stereocenters. The van der Waals surface area contributed by atoms with Gasteiger partial charge in [0.05, 0.1) is 12.8 Å². The molecule has 1 aliphatic rings. The number of hydrogen-bond donors (Lipinski definition) is 2. The van der Waals surface area contributed by atoms with Crippen molar-refractivity contribution < 1.29 is 28.5 Å². The third-order valence-corrected chi connectivity index (χ3v) is 3.23. The number of carbonyl (C=O) groups excluding carboxylic acids is 1. The molecule has 10 heteroatoms. The van der Waals surface area contributed by atoms with Crippen LogP contribution in [-0.2, 0) is 14.2 Å². The van der Waals surface area contributed by atoms with Crippen molar-refractivity contribution in [1.29, 1.82) is 0 Å². The smallest absolute Gasteiger partial charge is 0.429 e. The Kier molecular flexibility index (Phi) is 5.09. The highest BCUT2D eigenvalue weighted by Gasteiger charge is 2.40. The number of rotatable bonds is 3. The maximum Gasteiger partial charge on any atom is 0.509 e. The fourth-order valence-electron chi connectivity index (χ4n) is 2.23. The average Bonchev–Trinajstić information content (AvgIpc) is 2.83. The molecule has 0 bridgehead atoms. The number of aliphatic hydroxyl groups excluding tert-OH is 1. The first-order valence-corrected chi connectivity index (χ1v) is 7.27. The summed E-state index contributed by atoms with van der Waals surface area (Å²) in [7, 11) is 0. The monoisotopic (exact) mass is 346 g/mol. The average molecular weight is 346 g/mol. The van der Waals surface area contributed by atoms with E-state index in [1.54, 1.807) is 25.8 Å². The quantitative estimate of drug-likeness (QED) is 0.754. The number of nitrogens with zero attached hydrogens (tertiary/aromatic N) is 1. The van der Waals surface area contributed by atoms with Crippen LogP contribution < -0.4 is 11.2 Å². The van der Waals surface area contributed by atoms with Crippen molar-refractivity contribution in [3.8, 4) is 0 Å². The molecular weight excluding hydrogens is 327 g/mol. The molecule has 0 aliphatic carbocycles. The molecule has 0 saturated carbocycles. The van der Waals surface area contributed by atoms with Crippen LogP contribution in [0.15, 0.2) is 15.8 Å². The second-order valence-corrected chi connectivity index (χ2v) is 6.31. The summed E-state index contributed by atoms with van der Waals surface area (Å²) in [6, 6.07) is 0. The topological polar surface area (TPSA) is 120 Å². The van der Waals surface area contributed by atoms with Crippen LogP contribution in [0.5, 0.6) is 0 Å². The highest BCUT2D eigenvalue weighted by Crippen LogP contribution is 2.30. The minimum Gasteiger partial charge on any atom is -0.429 e. The van der Waals surface area contributed by atoms with Crippen LogP contribution in [0.3, 0.4) is 0 Å². The SMILES string of the molecule is CC(C)(C)OC(=O)O[C@H]1C[C@H](n2cc(F)c(=O)[nH]c2=O)O[C@@H]1CO. The Morgan fingerprint density at radius 2 is 2.17 bits per heavy atom. The van der Waals surface area contributed by atoms with E-state index in [1.165, 1.54) is 0 Å². The third kappa shape index (κ3) is 4.20. The van der Waals surface area contributed by atoms with Gasteiger partial charge in [-0.2, -0.15) is 4.39 Å². The van der Waals surface area contributed by atoms with Crippen LogP contribution in [0, 0.1) is 5.82 Å². The molecule has 134 valence electrons. The Labute approximate surface area is 136 Å². The van der Waals surface area contributed by atoms with Crippen LogP contribution in [0.1, 0.15) is 33.4 Å². The van der Waals surface area contributed by atoms with Crippen molar-refractivity contribution in [3.05, 3.63) is 32.9 Å². The van der Waals surface area contributed by atoms with Gasteiger partial charge in [-0.25, -0.2) is 9.59 Å². The Balaban J connectivity index is 2.15. The normalized spacial score (nSPS) is 24.0. The van der Waals surface area contributed by atoms with Crippen LogP contribution in [-0.4, -0.2) is 45.2 Å². The molecular formula is C14H19FN2O7. The lowest BCUT2D eigenvalue weighted by atomic mass is 10.2. The van der Waals surface area contributed by atoms with Gasteiger partial charge in [0.1, 0.15) is 24.0 Å². The van der Waals surface area contributed by atoms with Gasteiger partial charge in [-0.3, -0.25) is 14.3 Å². The van der Waals surface area contributed by atoms with Gasteiger partial charge in [0.15, 0.2) is 0 Å². The van der Waals surface area contributed by atoms with E-state index in [0.29, 0.717) is 6.20 Å². The largest absolute Gasteiger partial charge is 0.509 e. The zero-order valence-corrected chi connectivity index (χ0v) is 13.4. The number of halogens is 1. The third-order valence-electron chi connectivity index (χ3n) is 3.23. The Hall–Kier alpha value is -2.20. The minimum absolute atomic E-state index is 0.0180. The first-order valence-electron chi connectivity index (χ1n) is 7.27. The lowest BCUT2D eigenvalue weighted by Crippen LogP contribution is -2.34. The van der Waals surface area contributed by atoms with E-state index in [2.05, 4.69) is 0 Å². The van der Waals surface area contributed by atoms with E-state index in [1.807, 2.05) is 0 Å². The maximum absolute atomic E-state index is 13.4. The molecule has 1 aromatic rings. The Morgan fingerprint density at radius 1 is 1.50 bits per heavy atom. The van der Waals surface area contributed by atoms with E-state index >= 15 is 0 Å². The summed E-state index contributed by atoms with van der Waals surface area (Å²) in [5, 5.41) is 9.34. The second-order valence-electron chi connectivity index (χ2n) is 6.31. The highest BCUT2D eigenvalue weighted by molar-refractivity contribution is 5.60. The molecule has 1 aromatic heterocycles. The standard InChI is InChI=1S/C14H19FN2O7/c1-14(2,3)24-13(21)23-8-4-10(22-9(8)6-18)17-5-7(15)11(19)16-12(17)20/h5,8-10,18H,4,6H2,1-3H3,(H,16,19,20)/t8-,9+,10+/m0/s1. The van der Waals surface area contributed by atoms with Crippen molar-refractivity contribution in [2.75, 3.05) is 6.61 Å². The van der Waals surface area contributed by atoms with E-state index in [4.69, 9.17) is 14.2 Å². The summed E-state index contributed by atoms with van der Waals surface area (Å²) < 4.78 is 29.7. The maximum atomic E-state index is 13.4. The molecule has 0 radical (unpaired) electrons. The lowest BCUT2D eigenvalue weighted by molar-refractivity contribution is -0.0690. The van der Waals surface area contributed by atoms with Crippen LogP contribution in [0.25, 0.3) is 0 Å². The van der Waals surface area contributed by atoms with Crippen molar-refractivity contribution in [2.45, 2.75) is 51.2 Å². The number of carbonyl (C=O) groups is 1. The number of aromatic nitrogens is 2. The fraction of sp³-hybridized carbons (Fsp3) is 0.643. The Morgan fingerprint density at radius 3 is 2.75 bits per heavy atom. The van der Waals surface area contributed by atoms with Gasteiger partial charge in [-0.05, 0) is 20.8 Å². The molecule has 0 amide bonds. The molecule has 24 heavy (non-hydrogen) atoms. The number of H-pyrrole nitrogens is 1. The van der Waals surface area contributed by atoms with Gasteiger partial charge in [-0.15, -0.1) is 0 Å². The Bertz CT molecular complexity index is 721. The number of nitrogens with one attached hydrogen (secondary N) is 1. The van der Waals surface area contributed by atoms with Gasteiger partial charge in [-0.1, -0.05) is 0 Å². The summed E-state index contributed by atoms with van der Waals surface area (Å²) in [5.74, 6) is -1.16. The molecule has 1 fully saturated rings. The van der Waals surface area contributed by atoms with Crippen LogP contribution in [0.2, 0.25) is 0 Å². The number of aliphatic hydroxyl groups is 1. The molecule has 1 saturated heterocycles. The number of ether oxygens (including phenoxy) is 3. The molecule has 2 N–H and O–H groups in total. The summed E-state index contributed by atoms with van der Waals surface area (Å²) in [6.07, 6.45) is -3.07. The minimum atomic E-state index is -1.16. The highest BCUT2D eigenvalue weighted by atomic mass is 19.1. The molecule has 0 spiro atoms. The van der Waals surface area contributed by atoms with E-state index < -0.39 is 53.9 Å². The molecule has 2 rings (SSSR count). The van der Waals surface area contributed by atoms with E-state index in [9.17, 15) is 23.9 Å².